The van der Waals surface area contributed by atoms with Crippen molar-refractivity contribution in [3.05, 3.63) is 101 Å². The normalized spacial score (nSPS) is 14.5. The Morgan fingerprint density at radius 1 is 0.900 bits per heavy atom. The number of amides is 2. The van der Waals surface area contributed by atoms with E-state index in [-0.39, 0.29) is 18.4 Å². The fourth-order valence-electron chi connectivity index (χ4n) is 3.31. The molecule has 3 aromatic rings. The highest BCUT2D eigenvalue weighted by molar-refractivity contribution is 8.04. The summed E-state index contributed by atoms with van der Waals surface area (Å²) in [5, 5.41) is 2.94. The molecule has 30 heavy (non-hydrogen) atoms. The lowest BCUT2D eigenvalue weighted by molar-refractivity contribution is -0.122. The van der Waals surface area contributed by atoms with Gasteiger partial charge in [0.2, 0.25) is 5.91 Å². The van der Waals surface area contributed by atoms with E-state index in [1.165, 1.54) is 17.3 Å². The third-order valence-corrected chi connectivity index (χ3v) is 5.89. The first-order valence-corrected chi connectivity index (χ1v) is 10.7. The van der Waals surface area contributed by atoms with Crippen LogP contribution < -0.4 is 10.2 Å². The number of para-hydroxylation sites is 1. The molecule has 1 N–H and O–H groups in total. The van der Waals surface area contributed by atoms with Crippen molar-refractivity contribution in [2.24, 2.45) is 0 Å². The topological polar surface area (TPSA) is 49.4 Å². The van der Waals surface area contributed by atoms with Crippen LogP contribution in [0.3, 0.4) is 0 Å². The smallest absolute Gasteiger partial charge is 0.265 e. The van der Waals surface area contributed by atoms with Crippen molar-refractivity contribution in [1.82, 2.24) is 5.32 Å². The van der Waals surface area contributed by atoms with Crippen molar-refractivity contribution in [2.75, 3.05) is 18.0 Å². The number of hydrogen-bond acceptors (Lipinski definition) is 3. The molecule has 0 saturated heterocycles. The van der Waals surface area contributed by atoms with Gasteiger partial charge in [-0.3, -0.25) is 14.5 Å². The SMILES string of the molecule is O=C(CN1C(=O)/C(=C/c2ccccc2)Sc2ccccc21)NCCc1ccccc1. The zero-order valence-electron chi connectivity index (χ0n) is 16.5. The van der Waals surface area contributed by atoms with Crippen LogP contribution in [0.15, 0.2) is 94.7 Å². The standard InChI is InChI=1S/C25H22N2O2S/c28-24(26-16-15-19-9-3-1-4-10-19)18-27-21-13-7-8-14-22(21)30-23(25(27)29)17-20-11-5-2-6-12-20/h1-14,17H,15-16,18H2,(H,26,28)/b23-17-. The van der Waals surface area contributed by atoms with Crippen LogP contribution in [0.4, 0.5) is 5.69 Å². The van der Waals surface area contributed by atoms with Gasteiger partial charge in [-0.25, -0.2) is 0 Å². The Morgan fingerprint density at radius 2 is 1.57 bits per heavy atom. The molecule has 5 heteroatoms. The number of anilines is 1. The van der Waals surface area contributed by atoms with Gasteiger partial charge in [0.15, 0.2) is 0 Å². The lowest BCUT2D eigenvalue weighted by atomic mass is 10.1. The fourth-order valence-corrected chi connectivity index (χ4v) is 4.37. The van der Waals surface area contributed by atoms with Crippen LogP contribution in [0.1, 0.15) is 11.1 Å². The highest BCUT2D eigenvalue weighted by Gasteiger charge is 2.30. The minimum atomic E-state index is -0.167. The highest BCUT2D eigenvalue weighted by atomic mass is 32.2. The maximum Gasteiger partial charge on any atom is 0.265 e. The number of hydrogen-bond donors (Lipinski definition) is 1. The Labute approximate surface area is 180 Å². The molecule has 0 spiro atoms. The maximum atomic E-state index is 13.2. The molecule has 0 bridgehead atoms. The Kier molecular flexibility index (Phi) is 6.30. The van der Waals surface area contributed by atoms with E-state index in [1.54, 1.807) is 4.90 Å². The zero-order chi connectivity index (χ0) is 20.8. The number of benzene rings is 3. The summed E-state index contributed by atoms with van der Waals surface area (Å²) in [7, 11) is 0. The molecule has 3 aromatic carbocycles. The molecular weight excluding hydrogens is 392 g/mol. The van der Waals surface area contributed by atoms with Gasteiger partial charge in [-0.15, -0.1) is 0 Å². The van der Waals surface area contributed by atoms with E-state index in [4.69, 9.17) is 0 Å². The first kappa shape index (κ1) is 20.0. The second kappa shape index (κ2) is 9.46. The van der Waals surface area contributed by atoms with Crippen LogP contribution in [0, 0.1) is 0 Å². The molecule has 2 amide bonds. The van der Waals surface area contributed by atoms with Gasteiger partial charge in [0.25, 0.3) is 5.91 Å². The van der Waals surface area contributed by atoms with Crippen molar-refractivity contribution in [2.45, 2.75) is 11.3 Å². The second-order valence-electron chi connectivity index (χ2n) is 6.97. The summed E-state index contributed by atoms with van der Waals surface area (Å²) >= 11 is 1.44. The number of nitrogens with zero attached hydrogens (tertiary/aromatic N) is 1. The van der Waals surface area contributed by atoms with Crippen LogP contribution in [0.5, 0.6) is 0 Å². The minimum Gasteiger partial charge on any atom is -0.354 e. The summed E-state index contributed by atoms with van der Waals surface area (Å²) in [6.07, 6.45) is 2.63. The molecule has 0 fully saturated rings. The van der Waals surface area contributed by atoms with Crippen molar-refractivity contribution in [3.63, 3.8) is 0 Å². The Morgan fingerprint density at radius 3 is 2.33 bits per heavy atom. The first-order valence-electron chi connectivity index (χ1n) is 9.87. The van der Waals surface area contributed by atoms with E-state index in [2.05, 4.69) is 5.32 Å². The molecule has 0 atom stereocenters. The van der Waals surface area contributed by atoms with Gasteiger partial charge < -0.3 is 5.32 Å². The molecule has 0 saturated carbocycles. The van der Waals surface area contributed by atoms with Crippen LogP contribution in [0.2, 0.25) is 0 Å². The van der Waals surface area contributed by atoms with E-state index in [0.717, 1.165) is 22.6 Å². The highest BCUT2D eigenvalue weighted by Crippen LogP contribution is 2.41. The molecule has 0 unspecified atom stereocenters. The first-order chi connectivity index (χ1) is 14.7. The average molecular weight is 415 g/mol. The van der Waals surface area contributed by atoms with Crippen molar-refractivity contribution in [1.29, 1.82) is 0 Å². The zero-order valence-corrected chi connectivity index (χ0v) is 17.3. The number of nitrogens with one attached hydrogen (secondary N) is 1. The predicted octanol–water partition coefficient (Wildman–Crippen LogP) is 4.53. The third-order valence-electron chi connectivity index (χ3n) is 4.81. The quantitative estimate of drug-likeness (QED) is 0.603. The lowest BCUT2D eigenvalue weighted by Gasteiger charge is -2.29. The molecule has 0 aliphatic carbocycles. The number of rotatable bonds is 6. The van der Waals surface area contributed by atoms with Crippen LogP contribution >= 0.6 is 11.8 Å². The van der Waals surface area contributed by atoms with E-state index in [9.17, 15) is 9.59 Å². The van der Waals surface area contributed by atoms with Crippen molar-refractivity contribution >= 4 is 35.3 Å². The number of fused-ring (bicyclic) bond motifs is 1. The molecule has 4 nitrogen and oxygen atoms in total. The lowest BCUT2D eigenvalue weighted by Crippen LogP contribution is -2.43. The summed E-state index contributed by atoms with van der Waals surface area (Å²) in [6, 6.07) is 27.5. The molecule has 1 heterocycles. The van der Waals surface area contributed by atoms with Gasteiger partial charge >= 0.3 is 0 Å². The van der Waals surface area contributed by atoms with Crippen LogP contribution in [-0.4, -0.2) is 24.9 Å². The van der Waals surface area contributed by atoms with E-state index < -0.39 is 0 Å². The van der Waals surface area contributed by atoms with Gasteiger partial charge in [0.1, 0.15) is 6.54 Å². The Hall–Kier alpha value is -3.31. The molecule has 0 radical (unpaired) electrons. The van der Waals surface area contributed by atoms with Gasteiger partial charge in [-0.1, -0.05) is 84.6 Å². The fraction of sp³-hybridized carbons (Fsp3) is 0.120. The molecule has 1 aliphatic heterocycles. The van der Waals surface area contributed by atoms with Crippen LogP contribution in [0.25, 0.3) is 6.08 Å². The van der Waals surface area contributed by atoms with Crippen molar-refractivity contribution in [3.8, 4) is 0 Å². The Bertz CT molecular complexity index is 1060. The van der Waals surface area contributed by atoms with Gasteiger partial charge in [-0.2, -0.15) is 0 Å². The third kappa shape index (κ3) is 4.81. The monoisotopic (exact) mass is 414 g/mol. The largest absolute Gasteiger partial charge is 0.354 e. The number of thioether (sulfide) groups is 1. The van der Waals surface area contributed by atoms with Crippen LogP contribution in [-0.2, 0) is 16.0 Å². The molecular formula is C25H22N2O2S. The maximum absolute atomic E-state index is 13.2. The summed E-state index contributed by atoms with van der Waals surface area (Å²) in [4.78, 5) is 28.9. The van der Waals surface area contributed by atoms with Gasteiger partial charge in [0.05, 0.1) is 10.6 Å². The summed E-state index contributed by atoms with van der Waals surface area (Å²) < 4.78 is 0. The van der Waals surface area contributed by atoms with E-state index in [1.807, 2.05) is 91.0 Å². The average Bonchev–Trinajstić information content (AvgIpc) is 2.78. The molecule has 1 aliphatic rings. The van der Waals surface area contributed by atoms with Crippen molar-refractivity contribution < 1.29 is 9.59 Å². The molecule has 0 aromatic heterocycles. The van der Waals surface area contributed by atoms with Gasteiger partial charge in [0, 0.05) is 11.4 Å². The molecule has 150 valence electrons. The summed E-state index contributed by atoms with van der Waals surface area (Å²) in [5.41, 5.74) is 2.90. The predicted molar refractivity (Wildman–Crippen MR) is 122 cm³/mol. The summed E-state index contributed by atoms with van der Waals surface area (Å²) in [6.45, 7) is 0.533. The number of carbonyl (C=O) groups is 2. The Balaban J connectivity index is 1.48. The second-order valence-corrected chi connectivity index (χ2v) is 8.05. The molecule has 4 rings (SSSR count). The number of carbonyl (C=O) groups excluding carboxylic acids is 2. The van der Waals surface area contributed by atoms with E-state index >= 15 is 0 Å². The summed E-state index contributed by atoms with van der Waals surface area (Å²) in [5.74, 6) is -0.319. The van der Waals surface area contributed by atoms with Gasteiger partial charge in [-0.05, 0) is 35.8 Å². The minimum absolute atomic E-state index is 0.00265. The van der Waals surface area contributed by atoms with E-state index in [0.29, 0.717) is 11.4 Å².